The van der Waals surface area contributed by atoms with Crippen molar-refractivity contribution in [1.82, 2.24) is 92.8 Å². The van der Waals surface area contributed by atoms with Crippen LogP contribution in [0.2, 0.25) is 0 Å². The van der Waals surface area contributed by atoms with E-state index in [9.17, 15) is 59.0 Å². The van der Waals surface area contributed by atoms with E-state index in [-0.39, 0.29) is 45.4 Å². The van der Waals surface area contributed by atoms with Crippen molar-refractivity contribution in [2.75, 3.05) is 51.6 Å². The van der Waals surface area contributed by atoms with Crippen LogP contribution in [0.1, 0.15) is 55.4 Å². The molecule has 46 heteroatoms. The quantitative estimate of drug-likeness (QED) is 0.0221. The first kappa shape index (κ1) is 68.3. The molecule has 4 aliphatic rings. The number of rotatable bonds is 13. The summed E-state index contributed by atoms with van der Waals surface area (Å²) >= 11 is 6.85. The van der Waals surface area contributed by atoms with Crippen LogP contribution in [0.3, 0.4) is 0 Å². The number of ether oxygens (including phenoxy) is 1. The lowest BCUT2D eigenvalue weighted by Crippen LogP contribution is -2.44. The number of para-hydroxylation sites is 2. The molecular formula is C45H54N25O18PS2. The van der Waals surface area contributed by atoms with Gasteiger partial charge in [-0.1, -0.05) is 22.6 Å². The van der Waals surface area contributed by atoms with Gasteiger partial charge < -0.3 is 73.1 Å². The highest BCUT2D eigenvalue weighted by Crippen LogP contribution is 2.65. The van der Waals surface area contributed by atoms with Gasteiger partial charge in [0.25, 0.3) is 23.2 Å². The molecular weight excluding hydrogens is 1270 g/mol. The number of nitrogens with two attached hydrogens (primary N) is 4. The SMILES string of the molecule is Cn1nnc2c(C(N)=O)ncn2c1=O.Cn1nnc2c(C(N)=O)ncn2c1=O.NC(=O)c1csc([C@@H]2O[C@H](CO)[C@@H](O)[C@H]2O)n1.Nc1n[n+]([O-])c2ccccc2[n+]1[O-].O=C(O)CC(O)(CC(=O)O)C(=O)O.S=P(N1CC1)(N1CC1)N1CC1.c1ncc2[nH]cnc2n1. The number of carboxylic acids is 3. The van der Waals surface area contributed by atoms with E-state index in [1.807, 2.05) is 0 Å². The Hall–Kier alpha value is -10.2. The Kier molecular flexibility index (Phi) is 21.7. The van der Waals surface area contributed by atoms with Gasteiger partial charge in [0, 0.05) is 69.7 Å². The molecule has 0 aliphatic carbocycles. The minimum Gasteiger partial charge on any atom is -0.739 e. The van der Waals surface area contributed by atoms with Crippen molar-refractivity contribution in [1.29, 1.82) is 0 Å². The number of aromatic amines is 1. The molecule has 43 nitrogen and oxygen atoms in total. The minimum absolute atomic E-state index is 0.0600. The Labute approximate surface area is 515 Å². The average molecular weight is 1330 g/mol. The molecule has 4 atom stereocenters. The van der Waals surface area contributed by atoms with E-state index in [1.165, 1.54) is 89.9 Å². The van der Waals surface area contributed by atoms with Gasteiger partial charge >= 0.3 is 35.2 Å². The van der Waals surface area contributed by atoms with E-state index in [1.54, 1.807) is 24.7 Å². The zero-order valence-corrected chi connectivity index (χ0v) is 49.6. The maximum atomic E-state index is 11.4. The molecule has 8 aromatic heterocycles. The van der Waals surface area contributed by atoms with Crippen molar-refractivity contribution in [2.24, 2.45) is 31.3 Å². The number of H-pyrrole nitrogens is 1. The molecule has 484 valence electrons. The number of benzene rings is 1. The lowest BCUT2D eigenvalue weighted by atomic mass is 9.96. The van der Waals surface area contributed by atoms with E-state index in [0.717, 1.165) is 35.0 Å². The first-order valence-corrected chi connectivity index (χ1v) is 29.3. The number of nitrogens with one attached hydrogen (secondary N) is 1. The van der Waals surface area contributed by atoms with Gasteiger partial charge in [-0.05, 0) is 17.9 Å². The van der Waals surface area contributed by atoms with Crippen molar-refractivity contribution in [3.8, 4) is 0 Å². The number of hydrogen-bond donors (Lipinski definition) is 12. The monoisotopic (exact) mass is 1330 g/mol. The second kappa shape index (κ2) is 28.9. The molecule has 0 unspecified atom stereocenters. The highest BCUT2D eigenvalue weighted by molar-refractivity contribution is 8.11. The zero-order valence-electron chi connectivity index (χ0n) is 47.1. The summed E-state index contributed by atoms with van der Waals surface area (Å²) in [5.41, 5.74) is 18.8. The fraction of sp³-hybridized carbons (Fsp3) is 0.356. The summed E-state index contributed by atoms with van der Waals surface area (Å²) in [5.74, 6) is -7.52. The topological polar surface area (TPSA) is 631 Å². The molecule has 1 aromatic carbocycles. The van der Waals surface area contributed by atoms with Gasteiger partial charge in [0.2, 0.25) is 5.10 Å². The largest absolute Gasteiger partial charge is 0.739 e. The van der Waals surface area contributed by atoms with Crippen LogP contribution in [-0.2, 0) is 45.0 Å². The number of thiazole rings is 1. The first-order chi connectivity index (χ1) is 43.0. The Bertz CT molecular complexity index is 4150. The number of carbonyl (C=O) groups excluding carboxylic acids is 3. The molecule has 12 heterocycles. The van der Waals surface area contributed by atoms with Crippen LogP contribution in [0.25, 0.3) is 33.5 Å². The van der Waals surface area contributed by atoms with Gasteiger partial charge in [-0.15, -0.1) is 21.5 Å². The molecule has 13 rings (SSSR count). The summed E-state index contributed by atoms with van der Waals surface area (Å²) in [6.45, 7) is 5.86. The number of aromatic nitrogens is 18. The maximum Gasteiger partial charge on any atom is 0.458 e. The molecule has 0 spiro atoms. The van der Waals surface area contributed by atoms with Crippen LogP contribution in [0.4, 0.5) is 5.95 Å². The lowest BCUT2D eigenvalue weighted by molar-refractivity contribution is -0.672. The second-order valence-electron chi connectivity index (χ2n) is 19.0. The smallest absolute Gasteiger partial charge is 0.458 e. The van der Waals surface area contributed by atoms with E-state index >= 15 is 0 Å². The number of anilines is 1. The molecule has 0 radical (unpaired) electrons. The molecule has 16 N–H and O–H groups in total. The predicted octanol–water partition coefficient (Wildman–Crippen LogP) is -7.41. The number of fused-ring (bicyclic) bond motifs is 4. The van der Waals surface area contributed by atoms with Crippen LogP contribution >= 0.6 is 17.8 Å². The number of primary amides is 3. The molecule has 0 bridgehead atoms. The van der Waals surface area contributed by atoms with E-state index in [0.29, 0.717) is 20.2 Å². The number of carbonyl (C=O) groups is 6. The van der Waals surface area contributed by atoms with Crippen LogP contribution in [0.5, 0.6) is 0 Å². The van der Waals surface area contributed by atoms with Gasteiger partial charge in [0.15, 0.2) is 39.4 Å². The number of carboxylic acid groups (broad SMARTS) is 3. The number of aliphatic hydroxyl groups excluding tert-OH is 3. The summed E-state index contributed by atoms with van der Waals surface area (Å²) in [6.07, 6.45) is 0.793. The van der Waals surface area contributed by atoms with Crippen molar-refractivity contribution in [3.63, 3.8) is 0 Å². The number of aliphatic hydroxyl groups is 4. The molecule has 4 aliphatic heterocycles. The molecule has 0 saturated carbocycles. The van der Waals surface area contributed by atoms with Crippen molar-refractivity contribution < 1.29 is 78.8 Å². The van der Waals surface area contributed by atoms with Crippen LogP contribution < -0.4 is 43.9 Å². The number of aliphatic carboxylic acids is 3. The third-order valence-electron chi connectivity index (χ3n) is 12.5. The first-order valence-electron chi connectivity index (χ1n) is 25.8. The predicted molar refractivity (Wildman–Crippen MR) is 308 cm³/mol. The van der Waals surface area contributed by atoms with E-state index < -0.39 is 103 Å². The van der Waals surface area contributed by atoms with Gasteiger partial charge in [-0.2, -0.15) is 9.36 Å². The highest BCUT2D eigenvalue weighted by atomic mass is 32.4. The number of aryl methyl sites for hydroxylation is 2. The molecule has 4 saturated heterocycles. The number of nitrogen functional groups attached to an aromatic ring is 1. The number of amides is 3. The summed E-state index contributed by atoms with van der Waals surface area (Å²) in [5, 5.41) is 104. The maximum absolute atomic E-state index is 11.4. The third kappa shape index (κ3) is 16.4. The van der Waals surface area contributed by atoms with Crippen molar-refractivity contribution in [2.45, 2.75) is 42.9 Å². The third-order valence-corrected chi connectivity index (χ3v) is 18.9. The number of hydrogen-bond acceptors (Lipinski definition) is 29. The molecule has 4 fully saturated rings. The molecule has 9 aromatic rings. The van der Waals surface area contributed by atoms with E-state index in [2.05, 4.69) is 74.6 Å². The molecule has 91 heavy (non-hydrogen) atoms. The Morgan fingerprint density at radius 2 is 1.30 bits per heavy atom. The van der Waals surface area contributed by atoms with Crippen LogP contribution in [-0.4, -0.2) is 234 Å². The Balaban J connectivity index is 0.000000152. The second-order valence-corrected chi connectivity index (χ2v) is 24.1. The minimum atomic E-state index is -2.74. The van der Waals surface area contributed by atoms with Crippen molar-refractivity contribution >= 4 is 105 Å². The van der Waals surface area contributed by atoms with Gasteiger partial charge in [0.05, 0.1) is 32.0 Å². The summed E-state index contributed by atoms with van der Waals surface area (Å²) in [6, 6.07) is 6.31. The Morgan fingerprint density at radius 3 is 1.71 bits per heavy atom. The van der Waals surface area contributed by atoms with Crippen LogP contribution in [0.15, 0.2) is 70.7 Å². The summed E-state index contributed by atoms with van der Waals surface area (Å²) in [4.78, 5) is 112. The normalized spacial score (nSPS) is 17.4. The fourth-order valence-electron chi connectivity index (χ4n) is 7.71. The van der Waals surface area contributed by atoms with Gasteiger partial charge in [0.1, 0.15) is 66.1 Å². The lowest BCUT2D eigenvalue weighted by Gasteiger charge is -2.25. The van der Waals surface area contributed by atoms with Gasteiger partial charge in [-0.3, -0.25) is 29.7 Å². The number of imidazole rings is 3. The number of nitrogens with zero attached hydrogens (tertiary/aromatic N) is 20. The highest BCUT2D eigenvalue weighted by Gasteiger charge is 2.51. The average Bonchev–Trinajstić information content (AvgIpc) is 1.59. The van der Waals surface area contributed by atoms with E-state index in [4.69, 9.17) is 65.0 Å². The van der Waals surface area contributed by atoms with Gasteiger partial charge in [-0.25, -0.2) is 71.8 Å². The van der Waals surface area contributed by atoms with Crippen molar-refractivity contribution in [3.05, 3.63) is 115 Å². The summed E-state index contributed by atoms with van der Waals surface area (Å²) in [7, 11) is 2.89. The summed E-state index contributed by atoms with van der Waals surface area (Å²) < 4.78 is 17.4. The molecule has 3 amide bonds. The van der Waals surface area contributed by atoms with Crippen LogP contribution in [0, 0.1) is 10.4 Å². The standard InChI is InChI=1S/C9H12N2O5S.C7H6N4O2.2C6H6N6O2.C6H12N3PS.C6H8O7.C5H4N4/c10-8(15)3-2-17-9(11-3)7-6(14)5(13)4(1-12)16-7;8-7-9-11(13)6-4-2-1-3-5(6)10(7)12;2*1-11-6(14)12-2-8-3(4(7)13)5(12)9-10-11;11-10(7-1-2-7,8-3-4-8)9-5-6-9;7-3(8)1-6(13,5(11)12)2-4(9)10;1-4-5(8-2-6-1)9-3-7-4/h2,4-7,12-14H,1H2,(H2,10,15);1-4H,(H2,8,9);2*2H,1H3,(H2,7,13);1-6H2;13H,1-2H2,(H,7,8)(H,9,10)(H,11,12);1-3H,(H,6,7,8,9)/t4-,5-,6-,7-;;;;;;/m1....../s1. The fourth-order valence-corrected chi connectivity index (χ4v) is 13.0. The zero-order chi connectivity index (χ0) is 66.8. The Morgan fingerprint density at radius 1 is 0.791 bits per heavy atom.